The van der Waals surface area contributed by atoms with E-state index < -0.39 is 6.10 Å². The topological polar surface area (TPSA) is 72.8 Å². The summed E-state index contributed by atoms with van der Waals surface area (Å²) >= 11 is 0. The van der Waals surface area contributed by atoms with Crippen LogP contribution in [0.15, 0.2) is 24.4 Å². The third kappa shape index (κ3) is 3.53. The Morgan fingerprint density at radius 3 is 2.57 bits per heavy atom. The first-order valence-electron chi connectivity index (χ1n) is 6.61. The van der Waals surface area contributed by atoms with Crippen molar-refractivity contribution in [1.82, 2.24) is 4.98 Å². The first-order valence-corrected chi connectivity index (χ1v) is 6.61. The van der Waals surface area contributed by atoms with Crippen LogP contribution in [-0.4, -0.2) is 50.7 Å². The molecule has 2 rings (SSSR count). The summed E-state index contributed by atoms with van der Waals surface area (Å²) in [6.45, 7) is 0.628. The van der Waals surface area contributed by atoms with E-state index in [4.69, 9.17) is 14.2 Å². The Labute approximate surface area is 123 Å². The molecule has 0 radical (unpaired) electrons. The van der Waals surface area contributed by atoms with E-state index in [-0.39, 0.29) is 6.61 Å². The van der Waals surface area contributed by atoms with Crippen molar-refractivity contribution < 1.29 is 19.3 Å². The second-order valence-corrected chi connectivity index (χ2v) is 4.58. The third-order valence-corrected chi connectivity index (χ3v) is 3.13. The van der Waals surface area contributed by atoms with Gasteiger partial charge in [0.1, 0.15) is 5.82 Å². The molecule has 1 unspecified atom stereocenters. The van der Waals surface area contributed by atoms with Crippen LogP contribution >= 0.6 is 0 Å². The normalized spacial score (nSPS) is 12.2. The van der Waals surface area contributed by atoms with Crippen molar-refractivity contribution in [3.8, 4) is 11.5 Å². The highest BCUT2D eigenvalue weighted by atomic mass is 16.5. The Kier molecular flexibility index (Phi) is 5.19. The average molecular weight is 292 g/mol. The minimum atomic E-state index is -0.591. The zero-order chi connectivity index (χ0) is 15.2. The van der Waals surface area contributed by atoms with Crippen LogP contribution in [0.5, 0.6) is 11.5 Å². The summed E-state index contributed by atoms with van der Waals surface area (Å²) in [6.07, 6.45) is 1.12. The smallest absolute Gasteiger partial charge is 0.161 e. The molecule has 0 saturated heterocycles. The fourth-order valence-corrected chi connectivity index (χ4v) is 2.11. The zero-order valence-electron chi connectivity index (χ0n) is 12.4. The van der Waals surface area contributed by atoms with Gasteiger partial charge in [-0.2, -0.15) is 0 Å². The molecule has 0 aliphatic heterocycles. The van der Waals surface area contributed by atoms with Gasteiger partial charge in [0, 0.05) is 25.2 Å². The fraction of sp³-hybridized carbons (Fsp3) is 0.400. The van der Waals surface area contributed by atoms with Gasteiger partial charge in [-0.1, -0.05) is 0 Å². The molecule has 0 saturated carbocycles. The second kappa shape index (κ2) is 7.10. The van der Waals surface area contributed by atoms with Crippen molar-refractivity contribution >= 4 is 16.6 Å². The van der Waals surface area contributed by atoms with Gasteiger partial charge in [0.2, 0.25) is 0 Å². The molecule has 1 aromatic carbocycles. The van der Waals surface area contributed by atoms with E-state index in [0.29, 0.717) is 23.9 Å². The summed E-state index contributed by atoms with van der Waals surface area (Å²) in [5.74, 6) is 1.99. The zero-order valence-corrected chi connectivity index (χ0v) is 12.4. The molecule has 0 amide bonds. The molecule has 0 spiro atoms. The fourth-order valence-electron chi connectivity index (χ4n) is 2.11. The van der Waals surface area contributed by atoms with Crippen LogP contribution in [0.1, 0.15) is 0 Å². The molecular formula is C15H20N2O4. The summed E-state index contributed by atoms with van der Waals surface area (Å²) in [6, 6.07) is 5.66. The van der Waals surface area contributed by atoms with E-state index in [2.05, 4.69) is 10.3 Å². The lowest BCUT2D eigenvalue weighted by Gasteiger charge is -2.14. The number of aliphatic hydroxyl groups is 1. The number of rotatable bonds is 7. The monoisotopic (exact) mass is 292 g/mol. The van der Waals surface area contributed by atoms with E-state index in [1.54, 1.807) is 27.5 Å². The molecule has 6 nitrogen and oxygen atoms in total. The second-order valence-electron chi connectivity index (χ2n) is 4.58. The van der Waals surface area contributed by atoms with Crippen LogP contribution in [-0.2, 0) is 4.74 Å². The highest BCUT2D eigenvalue weighted by Crippen LogP contribution is 2.34. The van der Waals surface area contributed by atoms with Gasteiger partial charge < -0.3 is 24.6 Å². The molecule has 6 heteroatoms. The Bertz CT molecular complexity index is 603. The minimum Gasteiger partial charge on any atom is -0.493 e. The van der Waals surface area contributed by atoms with Crippen LogP contribution in [0.25, 0.3) is 10.8 Å². The maximum atomic E-state index is 9.71. The molecule has 0 aliphatic rings. The standard InChI is InChI=1S/C15H20N2O4/c1-19-9-11(18)8-17-15-12-7-14(21-3)13(20-2)6-10(12)4-5-16-15/h4-7,11,18H,8-9H2,1-3H3,(H,16,17). The van der Waals surface area contributed by atoms with Gasteiger partial charge >= 0.3 is 0 Å². The number of hydrogen-bond acceptors (Lipinski definition) is 6. The van der Waals surface area contributed by atoms with Crippen molar-refractivity contribution in [2.45, 2.75) is 6.10 Å². The average Bonchev–Trinajstić information content (AvgIpc) is 2.51. The summed E-state index contributed by atoms with van der Waals surface area (Å²) in [5, 5.41) is 14.7. The van der Waals surface area contributed by atoms with E-state index in [0.717, 1.165) is 10.8 Å². The molecule has 1 heterocycles. The lowest BCUT2D eigenvalue weighted by atomic mass is 10.1. The number of ether oxygens (including phenoxy) is 3. The van der Waals surface area contributed by atoms with Gasteiger partial charge in [0.15, 0.2) is 11.5 Å². The largest absolute Gasteiger partial charge is 0.493 e. The van der Waals surface area contributed by atoms with E-state index in [1.165, 1.54) is 0 Å². The molecule has 0 bridgehead atoms. The van der Waals surface area contributed by atoms with E-state index in [1.807, 2.05) is 18.2 Å². The van der Waals surface area contributed by atoms with Gasteiger partial charge in [-0.15, -0.1) is 0 Å². The lowest BCUT2D eigenvalue weighted by molar-refractivity contribution is 0.0727. The summed E-state index contributed by atoms with van der Waals surface area (Å²) in [5.41, 5.74) is 0. The van der Waals surface area contributed by atoms with Crippen molar-refractivity contribution in [2.75, 3.05) is 39.8 Å². The highest BCUT2D eigenvalue weighted by molar-refractivity contribution is 5.94. The number of hydrogen-bond donors (Lipinski definition) is 2. The molecule has 21 heavy (non-hydrogen) atoms. The first kappa shape index (κ1) is 15.3. The maximum Gasteiger partial charge on any atom is 0.161 e. The van der Waals surface area contributed by atoms with Crippen molar-refractivity contribution in [3.63, 3.8) is 0 Å². The minimum absolute atomic E-state index is 0.273. The van der Waals surface area contributed by atoms with Crippen LogP contribution in [0.2, 0.25) is 0 Å². The van der Waals surface area contributed by atoms with Gasteiger partial charge in [-0.3, -0.25) is 0 Å². The van der Waals surface area contributed by atoms with Gasteiger partial charge in [0.05, 0.1) is 26.9 Å². The van der Waals surface area contributed by atoms with Gasteiger partial charge in [0.25, 0.3) is 0 Å². The predicted molar refractivity (Wildman–Crippen MR) is 81.2 cm³/mol. The summed E-state index contributed by atoms with van der Waals surface area (Å²) in [7, 11) is 4.75. The van der Waals surface area contributed by atoms with E-state index in [9.17, 15) is 5.11 Å². The molecule has 114 valence electrons. The molecule has 0 aliphatic carbocycles. The highest BCUT2D eigenvalue weighted by Gasteiger charge is 2.11. The first-order chi connectivity index (χ1) is 10.2. The number of methoxy groups -OCH3 is 3. The van der Waals surface area contributed by atoms with Crippen LogP contribution in [0.4, 0.5) is 5.82 Å². The quantitative estimate of drug-likeness (QED) is 0.809. The van der Waals surface area contributed by atoms with Gasteiger partial charge in [-0.25, -0.2) is 4.98 Å². The number of anilines is 1. The van der Waals surface area contributed by atoms with Crippen LogP contribution < -0.4 is 14.8 Å². The number of aliphatic hydroxyl groups excluding tert-OH is 1. The number of fused-ring (bicyclic) bond motifs is 1. The number of benzene rings is 1. The van der Waals surface area contributed by atoms with E-state index >= 15 is 0 Å². The summed E-state index contributed by atoms with van der Waals surface area (Å²) in [4.78, 5) is 4.31. The summed E-state index contributed by atoms with van der Waals surface area (Å²) < 4.78 is 15.5. The Morgan fingerprint density at radius 1 is 1.19 bits per heavy atom. The Morgan fingerprint density at radius 2 is 1.90 bits per heavy atom. The molecule has 1 aromatic heterocycles. The number of nitrogens with zero attached hydrogens (tertiary/aromatic N) is 1. The van der Waals surface area contributed by atoms with Crippen LogP contribution in [0.3, 0.4) is 0 Å². The molecule has 2 aromatic rings. The number of pyridine rings is 1. The molecule has 2 N–H and O–H groups in total. The van der Waals surface area contributed by atoms with Gasteiger partial charge in [-0.05, 0) is 23.6 Å². The van der Waals surface area contributed by atoms with Crippen molar-refractivity contribution in [3.05, 3.63) is 24.4 Å². The lowest BCUT2D eigenvalue weighted by Crippen LogP contribution is -2.24. The van der Waals surface area contributed by atoms with Crippen molar-refractivity contribution in [1.29, 1.82) is 0 Å². The Hall–Kier alpha value is -2.05. The molecule has 0 fully saturated rings. The SMILES string of the molecule is COCC(O)CNc1nccc2cc(OC)c(OC)cc12. The van der Waals surface area contributed by atoms with Crippen molar-refractivity contribution in [2.24, 2.45) is 0 Å². The predicted octanol–water partition coefficient (Wildman–Crippen LogP) is 1.67. The molecular weight excluding hydrogens is 272 g/mol. The van der Waals surface area contributed by atoms with Crippen LogP contribution in [0, 0.1) is 0 Å². The third-order valence-electron chi connectivity index (χ3n) is 3.13. The number of aromatic nitrogens is 1. The number of nitrogens with one attached hydrogen (secondary N) is 1. The maximum absolute atomic E-state index is 9.71. The molecule has 1 atom stereocenters. The Balaban J connectivity index is 2.31.